The van der Waals surface area contributed by atoms with E-state index in [1.165, 1.54) is 0 Å². The van der Waals surface area contributed by atoms with Crippen LogP contribution in [0, 0.1) is 34.0 Å². The Morgan fingerprint density at radius 3 is 2.40 bits per heavy atom. The van der Waals surface area contributed by atoms with E-state index in [-0.39, 0.29) is 58.2 Å². The molecule has 1 aromatic rings. The van der Waals surface area contributed by atoms with Gasteiger partial charge in [-0.15, -0.1) is 0 Å². The molecule has 338 valence electrons. The Bertz CT molecular complexity index is 2010. The quantitative estimate of drug-likeness (QED) is 0.171. The van der Waals surface area contributed by atoms with Gasteiger partial charge in [0.25, 0.3) is 0 Å². The van der Waals surface area contributed by atoms with Gasteiger partial charge in [-0.25, -0.2) is 0 Å². The summed E-state index contributed by atoms with van der Waals surface area (Å²) in [6.45, 7) is 9.92. The number of allylic oxidation sites excluding steroid dienone is 4. The third-order valence-electron chi connectivity index (χ3n) is 16.1. The smallest absolute Gasteiger partial charge is 0.243 e. The fraction of sp³-hybridized carbons (Fsp3) is 0.688. The number of hydrogen-bond donors (Lipinski definition) is 5. The lowest BCUT2D eigenvalue weighted by Crippen LogP contribution is -2.65. The number of ether oxygens (including phenoxy) is 3. The fourth-order valence-corrected chi connectivity index (χ4v) is 13.0. The van der Waals surface area contributed by atoms with Crippen LogP contribution in [-0.4, -0.2) is 99.6 Å². The topological polar surface area (TPSA) is 190 Å². The number of ketones is 2. The number of benzene rings is 1. The summed E-state index contributed by atoms with van der Waals surface area (Å²) in [6.07, 6.45) is 10.5. The summed E-state index contributed by atoms with van der Waals surface area (Å²) in [4.78, 5) is 64.5. The number of Topliss-reactive ketones (excluding diaryl/α,β-unsaturated/α-hetero) is 1. The average Bonchev–Trinajstić information content (AvgIpc) is 3.74. The maximum Gasteiger partial charge on any atom is 0.243 e. The Labute approximate surface area is 373 Å². The molecule has 3 saturated heterocycles. The highest BCUT2D eigenvalue weighted by Crippen LogP contribution is 2.70. The predicted octanol–water partition coefficient (Wildman–Crippen LogP) is 4.85. The second-order valence-corrected chi connectivity index (χ2v) is 21.7. The van der Waals surface area contributed by atoms with Gasteiger partial charge in [0.2, 0.25) is 17.7 Å². The van der Waals surface area contributed by atoms with E-state index in [1.807, 2.05) is 37.3 Å². The van der Waals surface area contributed by atoms with Crippen molar-refractivity contribution >= 4 is 45.2 Å². The number of hydrogen-bond acceptors (Lipinski definition) is 10. The predicted molar refractivity (Wildman–Crippen MR) is 233 cm³/mol. The van der Waals surface area contributed by atoms with Crippen molar-refractivity contribution in [3.8, 4) is 0 Å². The van der Waals surface area contributed by atoms with Gasteiger partial charge in [-0.1, -0.05) is 86.5 Å². The molecule has 3 amide bonds. The van der Waals surface area contributed by atoms with Gasteiger partial charge >= 0.3 is 0 Å². The summed E-state index contributed by atoms with van der Waals surface area (Å²) in [5, 5.41) is 31.1. The molecule has 8 aliphatic rings. The van der Waals surface area contributed by atoms with Crippen molar-refractivity contribution in [3.63, 3.8) is 0 Å². The maximum atomic E-state index is 14.0. The van der Waals surface area contributed by atoms with Crippen LogP contribution < -0.4 is 16.0 Å². The summed E-state index contributed by atoms with van der Waals surface area (Å²) in [6, 6.07) is 7.30. The van der Waals surface area contributed by atoms with E-state index in [0.29, 0.717) is 32.3 Å². The van der Waals surface area contributed by atoms with Crippen LogP contribution >= 0.6 is 15.9 Å². The summed E-state index contributed by atoms with van der Waals surface area (Å²) in [7, 11) is 0. The minimum atomic E-state index is -1.42. The van der Waals surface area contributed by atoms with E-state index in [9.17, 15) is 34.2 Å². The highest BCUT2D eigenvalue weighted by Gasteiger charge is 2.76. The number of nitrogens with one attached hydrogen (secondary N) is 3. The van der Waals surface area contributed by atoms with E-state index in [4.69, 9.17) is 14.2 Å². The highest BCUT2D eigenvalue weighted by molar-refractivity contribution is 9.09. The first-order valence-electron chi connectivity index (χ1n) is 22.5. The van der Waals surface area contributed by atoms with Crippen molar-refractivity contribution in [2.75, 3.05) is 25.1 Å². The van der Waals surface area contributed by atoms with Crippen LogP contribution in [0.2, 0.25) is 0 Å². The van der Waals surface area contributed by atoms with Crippen molar-refractivity contribution in [3.05, 3.63) is 59.2 Å². The van der Waals surface area contributed by atoms with Crippen molar-refractivity contribution in [1.29, 1.82) is 0 Å². The molecule has 13 nitrogen and oxygen atoms in total. The Morgan fingerprint density at radius 2 is 1.76 bits per heavy atom. The van der Waals surface area contributed by atoms with Crippen LogP contribution in [0.3, 0.4) is 0 Å². The van der Waals surface area contributed by atoms with Crippen LogP contribution in [0.25, 0.3) is 0 Å². The van der Waals surface area contributed by atoms with Crippen molar-refractivity contribution in [1.82, 2.24) is 16.0 Å². The molecular formula is C48H64BrN3O10. The number of carbonyl (C=O) groups is 5. The summed E-state index contributed by atoms with van der Waals surface area (Å²) >= 11 is 3.08. The Kier molecular flexibility index (Phi) is 12.1. The second-order valence-electron chi connectivity index (χ2n) is 21.1. The highest BCUT2D eigenvalue weighted by atomic mass is 79.9. The molecule has 0 spiro atoms. The molecule has 5 aliphatic carbocycles. The molecule has 4 saturated carbocycles. The Balaban J connectivity index is 0.908. The molecule has 1 unspecified atom stereocenters. The largest absolute Gasteiger partial charge is 0.393 e. The van der Waals surface area contributed by atoms with Crippen LogP contribution in [0.5, 0.6) is 0 Å². The van der Waals surface area contributed by atoms with Gasteiger partial charge in [0.05, 0.1) is 41.8 Å². The number of amides is 3. The van der Waals surface area contributed by atoms with Crippen LogP contribution in [0.15, 0.2) is 48.1 Å². The Morgan fingerprint density at radius 1 is 1.03 bits per heavy atom. The molecule has 0 aromatic heterocycles. The normalized spacial score (nSPS) is 38.5. The lowest BCUT2D eigenvalue weighted by molar-refractivity contribution is -0.201. The monoisotopic (exact) mass is 921 g/mol. The summed E-state index contributed by atoms with van der Waals surface area (Å²) in [5.41, 5.74) is -0.676. The first-order valence-corrected chi connectivity index (χ1v) is 23.7. The molecule has 2 bridgehead atoms. The number of fused-ring (bicyclic) bond motifs is 10. The number of aliphatic hydroxyl groups excluding tert-OH is 2. The number of carbonyl (C=O) groups excluding carboxylic acids is 5. The number of alkyl halides is 1. The van der Waals surface area contributed by atoms with E-state index >= 15 is 0 Å². The molecule has 3 aliphatic heterocycles. The summed E-state index contributed by atoms with van der Waals surface area (Å²) < 4.78 is 20.1. The van der Waals surface area contributed by atoms with Gasteiger partial charge in [0.15, 0.2) is 23.5 Å². The van der Waals surface area contributed by atoms with Gasteiger partial charge in [-0.3, -0.25) is 24.0 Å². The third-order valence-corrected chi connectivity index (χ3v) is 16.6. The van der Waals surface area contributed by atoms with Gasteiger partial charge in [0, 0.05) is 28.7 Å². The van der Waals surface area contributed by atoms with Crippen LogP contribution in [0.1, 0.15) is 116 Å². The molecule has 62 heavy (non-hydrogen) atoms. The van der Waals surface area contributed by atoms with E-state index in [1.54, 1.807) is 12.2 Å². The fourth-order valence-electron chi connectivity index (χ4n) is 12.8. The molecule has 1 aromatic carbocycles. The minimum absolute atomic E-state index is 0.0155. The third kappa shape index (κ3) is 7.97. The first kappa shape index (κ1) is 45.3. The molecule has 7 fully saturated rings. The van der Waals surface area contributed by atoms with Gasteiger partial charge < -0.3 is 40.4 Å². The lowest BCUT2D eigenvalue weighted by Gasteiger charge is -2.59. The van der Waals surface area contributed by atoms with Crippen molar-refractivity contribution in [2.45, 2.75) is 147 Å². The zero-order valence-electron chi connectivity index (χ0n) is 36.7. The molecule has 3 heterocycles. The van der Waals surface area contributed by atoms with Gasteiger partial charge in [-0.2, -0.15) is 0 Å². The Hall–Kier alpha value is -3.27. The zero-order chi connectivity index (χ0) is 44.5. The van der Waals surface area contributed by atoms with Crippen molar-refractivity contribution in [2.24, 2.45) is 34.0 Å². The first-order chi connectivity index (χ1) is 29.3. The molecule has 5 N–H and O–H groups in total. The molecule has 14 heteroatoms. The van der Waals surface area contributed by atoms with Crippen LogP contribution in [-0.2, 0) is 44.6 Å². The van der Waals surface area contributed by atoms with Crippen LogP contribution in [0.4, 0.5) is 0 Å². The number of aliphatic hydroxyl groups is 2. The molecule has 0 radical (unpaired) electrons. The second kappa shape index (κ2) is 16.6. The van der Waals surface area contributed by atoms with E-state index in [2.05, 4.69) is 59.6 Å². The average molecular weight is 923 g/mol. The molecule has 9 rings (SSSR count). The zero-order valence-corrected chi connectivity index (χ0v) is 38.3. The minimum Gasteiger partial charge on any atom is -0.393 e. The van der Waals surface area contributed by atoms with Crippen molar-refractivity contribution < 1.29 is 48.4 Å². The number of halogens is 1. The number of rotatable bonds is 13. The summed E-state index contributed by atoms with van der Waals surface area (Å²) in [5.74, 6) is -1.41. The van der Waals surface area contributed by atoms with E-state index < -0.39 is 64.8 Å². The molecule has 10 atom stereocenters. The lowest BCUT2D eigenvalue weighted by atomic mass is 9.46. The van der Waals surface area contributed by atoms with Gasteiger partial charge in [-0.05, 0) is 99.2 Å². The standard InChI is InChI=1S/C48H64BrN3O10/c1-43(2,3)14-13-34(51-39(58)25-50-38(57)24-49)41(59)52-46-16-18-47(19-17-46,60-27-46)22-28-6-8-29(9-7-28)42-61-37-21-33-32-11-10-30-20-31(54)12-15-44(30,4)40(32)35(55)23-45(33,5)48(37,62-42)36(56)26-53/h6-9,12,15,20,32-35,37,40,42,53,55H,10-11,13-14,16-19,21-27H2,1-5H3,(H,50,57)(H,51,58)(H,52,59)/t32-,33-,34-,35-,37+,40+,42?,44-,45-,46?,47?,48+/m0/s1. The molecular weight excluding hydrogens is 858 g/mol. The maximum absolute atomic E-state index is 14.0. The van der Waals surface area contributed by atoms with Gasteiger partial charge in [0.1, 0.15) is 12.6 Å². The van der Waals surface area contributed by atoms with E-state index in [0.717, 1.165) is 61.6 Å². The SMILES string of the molecule is CC(C)(C)CC[C@H](NC(=O)CNC(=O)CBr)C(=O)NC12CCC(Cc3ccc(C4O[C@@H]5C[C@H]6[C@@H]7CCC8=CC(=O)C=C[C@]8(C)[C@H]7[C@@H](O)C[C@]6(C)[C@]5(C(=O)CO)O4)cc3)(CC1)OC2.